The van der Waals surface area contributed by atoms with Gasteiger partial charge < -0.3 is 11.5 Å². The molecule has 22 heavy (non-hydrogen) atoms. The van der Waals surface area contributed by atoms with Crippen molar-refractivity contribution in [3.05, 3.63) is 48.0 Å². The first-order valence-electron chi connectivity index (χ1n) is 6.23. The van der Waals surface area contributed by atoms with Gasteiger partial charge in [0.25, 0.3) is 10.1 Å². The molecule has 2 rings (SSSR count). The summed E-state index contributed by atoms with van der Waals surface area (Å²) in [5.41, 5.74) is 12.7. The summed E-state index contributed by atoms with van der Waals surface area (Å²) in [6.45, 7) is 1.90. The Balaban J connectivity index is 2.53. The molecule has 5 N–H and O–H groups in total. The van der Waals surface area contributed by atoms with Crippen LogP contribution in [0.3, 0.4) is 0 Å². The van der Waals surface area contributed by atoms with Crippen molar-refractivity contribution in [1.29, 1.82) is 0 Å². The Morgan fingerprint density at radius 1 is 1.09 bits per heavy atom. The quantitative estimate of drug-likeness (QED) is 0.589. The molecular formula is C14H15N3O4S. The maximum atomic E-state index is 11.7. The third-order valence-electron chi connectivity index (χ3n) is 3.04. The van der Waals surface area contributed by atoms with Crippen LogP contribution in [0.4, 0.5) is 21.9 Å². The summed E-state index contributed by atoms with van der Waals surface area (Å²) in [5, 5.41) is 0. The SMILES string of the molecule is Cc1ccc(N(C(N)=O)c2ccc(S(=O)(=O)O)c(N)c2)cc1. The molecule has 0 heterocycles. The normalized spacial score (nSPS) is 11.2. The van der Waals surface area contributed by atoms with Gasteiger partial charge in [0.15, 0.2) is 0 Å². The number of nitrogen functional groups attached to an aromatic ring is 1. The molecule has 2 aromatic rings. The molecular weight excluding hydrogens is 306 g/mol. The number of carbonyl (C=O) groups is 1. The van der Waals surface area contributed by atoms with Gasteiger partial charge in [-0.2, -0.15) is 8.42 Å². The van der Waals surface area contributed by atoms with E-state index in [2.05, 4.69) is 0 Å². The van der Waals surface area contributed by atoms with Crippen LogP contribution in [0.1, 0.15) is 5.56 Å². The second-order valence-corrected chi connectivity index (χ2v) is 6.10. The number of carbonyl (C=O) groups excluding carboxylic acids is 1. The third kappa shape index (κ3) is 3.18. The molecule has 0 fully saturated rings. The van der Waals surface area contributed by atoms with Crippen LogP contribution in [0.15, 0.2) is 47.4 Å². The van der Waals surface area contributed by atoms with Crippen LogP contribution in [-0.2, 0) is 10.1 Å². The third-order valence-corrected chi connectivity index (χ3v) is 3.97. The van der Waals surface area contributed by atoms with Crippen LogP contribution in [0.25, 0.3) is 0 Å². The van der Waals surface area contributed by atoms with E-state index in [1.54, 1.807) is 24.3 Å². The highest BCUT2D eigenvalue weighted by Gasteiger charge is 2.19. The Morgan fingerprint density at radius 3 is 2.09 bits per heavy atom. The lowest BCUT2D eigenvalue weighted by Crippen LogP contribution is -2.31. The van der Waals surface area contributed by atoms with Gasteiger partial charge in [0.05, 0.1) is 17.1 Å². The van der Waals surface area contributed by atoms with Crippen molar-refractivity contribution in [3.63, 3.8) is 0 Å². The van der Waals surface area contributed by atoms with Gasteiger partial charge >= 0.3 is 6.03 Å². The second-order valence-electron chi connectivity index (χ2n) is 4.71. The van der Waals surface area contributed by atoms with Crippen LogP contribution in [0.2, 0.25) is 0 Å². The molecule has 0 aliphatic rings. The largest absolute Gasteiger partial charge is 0.398 e. The van der Waals surface area contributed by atoms with E-state index < -0.39 is 21.0 Å². The molecule has 0 aliphatic carbocycles. The summed E-state index contributed by atoms with van der Waals surface area (Å²) in [4.78, 5) is 12.5. The van der Waals surface area contributed by atoms with Crippen molar-refractivity contribution < 1.29 is 17.8 Å². The fourth-order valence-corrected chi connectivity index (χ4v) is 2.60. The first-order chi connectivity index (χ1) is 10.2. The monoisotopic (exact) mass is 321 g/mol. The zero-order valence-electron chi connectivity index (χ0n) is 11.7. The van der Waals surface area contributed by atoms with E-state index in [1.165, 1.54) is 17.0 Å². The standard InChI is InChI=1S/C14H15N3O4S/c1-9-2-4-10(5-3-9)17(14(16)18)11-6-7-13(12(15)8-11)22(19,20)21/h2-8H,15H2,1H3,(H2,16,18)(H,19,20,21). The molecule has 0 saturated carbocycles. The number of hydrogen-bond donors (Lipinski definition) is 3. The molecule has 2 aromatic carbocycles. The van der Waals surface area contributed by atoms with Gasteiger partial charge in [0, 0.05) is 0 Å². The predicted octanol–water partition coefficient (Wildman–Crippen LogP) is 2.04. The number of amides is 2. The van der Waals surface area contributed by atoms with Gasteiger partial charge in [-0.1, -0.05) is 17.7 Å². The molecule has 7 nitrogen and oxygen atoms in total. The minimum atomic E-state index is -4.43. The molecule has 0 aromatic heterocycles. The molecule has 8 heteroatoms. The summed E-state index contributed by atoms with van der Waals surface area (Å²) in [6, 6.07) is 9.98. The number of aryl methyl sites for hydroxylation is 1. The number of nitrogens with zero attached hydrogens (tertiary/aromatic N) is 1. The Morgan fingerprint density at radius 2 is 1.64 bits per heavy atom. The molecule has 0 saturated heterocycles. The summed E-state index contributed by atoms with van der Waals surface area (Å²) in [7, 11) is -4.43. The smallest absolute Gasteiger partial charge is 0.323 e. The van der Waals surface area contributed by atoms with Gasteiger partial charge in [-0.3, -0.25) is 9.45 Å². The lowest BCUT2D eigenvalue weighted by molar-refractivity contribution is 0.256. The Hall–Kier alpha value is -2.58. The van der Waals surface area contributed by atoms with E-state index in [0.29, 0.717) is 11.4 Å². The van der Waals surface area contributed by atoms with Crippen LogP contribution < -0.4 is 16.4 Å². The summed E-state index contributed by atoms with van der Waals surface area (Å²) >= 11 is 0. The summed E-state index contributed by atoms with van der Waals surface area (Å²) in [5.74, 6) is 0. The Kier molecular flexibility index (Phi) is 4.07. The minimum absolute atomic E-state index is 0.182. The summed E-state index contributed by atoms with van der Waals surface area (Å²) in [6.07, 6.45) is 0. The van der Waals surface area contributed by atoms with E-state index in [-0.39, 0.29) is 5.69 Å². The topological polar surface area (TPSA) is 127 Å². The molecule has 0 bridgehead atoms. The summed E-state index contributed by atoms with van der Waals surface area (Å²) < 4.78 is 31.3. The maximum absolute atomic E-state index is 11.7. The molecule has 116 valence electrons. The number of anilines is 3. The number of urea groups is 1. The van der Waals surface area contributed by atoms with Crippen molar-refractivity contribution >= 4 is 33.2 Å². The molecule has 0 radical (unpaired) electrons. The highest BCUT2D eigenvalue weighted by Crippen LogP contribution is 2.30. The average Bonchev–Trinajstić information content (AvgIpc) is 2.39. The highest BCUT2D eigenvalue weighted by atomic mass is 32.2. The molecule has 0 unspecified atom stereocenters. The van der Waals surface area contributed by atoms with Crippen molar-refractivity contribution in [3.8, 4) is 0 Å². The van der Waals surface area contributed by atoms with Gasteiger partial charge in [-0.05, 0) is 37.3 Å². The zero-order valence-corrected chi connectivity index (χ0v) is 12.5. The first kappa shape index (κ1) is 15.8. The molecule has 0 aliphatic heterocycles. The Bertz CT molecular complexity index is 816. The second kappa shape index (κ2) is 5.66. The Labute approximate surface area is 127 Å². The van der Waals surface area contributed by atoms with Gasteiger partial charge in [-0.25, -0.2) is 4.79 Å². The molecule has 0 atom stereocenters. The van der Waals surface area contributed by atoms with Crippen molar-refractivity contribution in [2.24, 2.45) is 5.73 Å². The van der Waals surface area contributed by atoms with Crippen molar-refractivity contribution in [2.45, 2.75) is 11.8 Å². The van der Waals surface area contributed by atoms with Crippen LogP contribution in [-0.4, -0.2) is 19.0 Å². The molecule has 0 spiro atoms. The highest BCUT2D eigenvalue weighted by molar-refractivity contribution is 7.86. The fourth-order valence-electron chi connectivity index (χ4n) is 2.01. The van der Waals surface area contributed by atoms with E-state index in [1.807, 2.05) is 6.92 Å². The van der Waals surface area contributed by atoms with Gasteiger partial charge in [0.1, 0.15) is 4.90 Å². The number of nitrogens with two attached hydrogens (primary N) is 2. The van der Waals surface area contributed by atoms with Crippen LogP contribution in [0.5, 0.6) is 0 Å². The van der Waals surface area contributed by atoms with Crippen molar-refractivity contribution in [2.75, 3.05) is 10.6 Å². The van der Waals surface area contributed by atoms with E-state index in [4.69, 9.17) is 16.0 Å². The minimum Gasteiger partial charge on any atom is -0.398 e. The number of primary amides is 1. The van der Waals surface area contributed by atoms with Crippen molar-refractivity contribution in [1.82, 2.24) is 0 Å². The average molecular weight is 321 g/mol. The number of rotatable bonds is 3. The predicted molar refractivity (Wildman–Crippen MR) is 83.6 cm³/mol. The van der Waals surface area contributed by atoms with Gasteiger partial charge in [0.2, 0.25) is 0 Å². The zero-order chi connectivity index (χ0) is 16.5. The van der Waals surface area contributed by atoms with Gasteiger partial charge in [-0.15, -0.1) is 0 Å². The number of benzene rings is 2. The fraction of sp³-hybridized carbons (Fsp3) is 0.0714. The number of hydrogen-bond acceptors (Lipinski definition) is 4. The first-order valence-corrected chi connectivity index (χ1v) is 7.67. The maximum Gasteiger partial charge on any atom is 0.323 e. The van der Waals surface area contributed by atoms with Crippen LogP contribution >= 0.6 is 0 Å². The lowest BCUT2D eigenvalue weighted by Gasteiger charge is -2.21. The van der Waals surface area contributed by atoms with E-state index in [0.717, 1.165) is 11.6 Å². The van der Waals surface area contributed by atoms with E-state index >= 15 is 0 Å². The molecule has 2 amide bonds. The van der Waals surface area contributed by atoms with E-state index in [9.17, 15) is 13.2 Å². The van der Waals surface area contributed by atoms with Crippen LogP contribution in [0, 0.1) is 6.92 Å². The lowest BCUT2D eigenvalue weighted by atomic mass is 10.2.